The molecule has 0 amide bonds. The van der Waals surface area contributed by atoms with Crippen molar-refractivity contribution >= 4 is 34.2 Å². The zero-order valence-electron chi connectivity index (χ0n) is 8.38. The molecule has 0 radical (unpaired) electrons. The van der Waals surface area contributed by atoms with Crippen LogP contribution in [0, 0.1) is 9.39 Å². The molecular weight excluding hydrogens is 312 g/mol. The van der Waals surface area contributed by atoms with Gasteiger partial charge in [-0.3, -0.25) is 0 Å². The second kappa shape index (κ2) is 5.29. The maximum atomic E-state index is 13.1. The Bertz CT molecular complexity index is 370. The van der Waals surface area contributed by atoms with Crippen molar-refractivity contribution in [3.05, 3.63) is 27.6 Å². The van der Waals surface area contributed by atoms with Crippen molar-refractivity contribution in [2.75, 3.05) is 12.4 Å². The number of hydrogen-bond acceptors (Lipinski definition) is 3. The highest BCUT2D eigenvalue weighted by atomic mass is 127. The van der Waals surface area contributed by atoms with Crippen LogP contribution in [-0.2, 0) is 9.53 Å². The van der Waals surface area contributed by atoms with Crippen molar-refractivity contribution < 1.29 is 13.9 Å². The Hall–Kier alpha value is -0.850. The number of esters is 1. The summed E-state index contributed by atoms with van der Waals surface area (Å²) in [7, 11) is 1.32. The van der Waals surface area contributed by atoms with Gasteiger partial charge in [-0.1, -0.05) is 6.07 Å². The fourth-order valence-electron chi connectivity index (χ4n) is 1.08. The Labute approximate surface area is 101 Å². The first kappa shape index (κ1) is 12.2. The average molecular weight is 323 g/mol. The predicted molar refractivity (Wildman–Crippen MR) is 64.2 cm³/mol. The van der Waals surface area contributed by atoms with Crippen molar-refractivity contribution in [1.82, 2.24) is 0 Å². The lowest BCUT2D eigenvalue weighted by Crippen LogP contribution is -2.27. The van der Waals surface area contributed by atoms with Crippen LogP contribution in [0.3, 0.4) is 0 Å². The van der Waals surface area contributed by atoms with Gasteiger partial charge in [0.15, 0.2) is 0 Å². The molecule has 5 heteroatoms. The molecule has 0 bridgehead atoms. The number of rotatable bonds is 3. The predicted octanol–water partition coefficient (Wildman–Crippen LogP) is 2.40. The lowest BCUT2D eigenvalue weighted by Gasteiger charge is -2.14. The first-order chi connectivity index (χ1) is 7.06. The molecule has 0 saturated heterocycles. The van der Waals surface area contributed by atoms with Crippen molar-refractivity contribution in [3.63, 3.8) is 0 Å². The summed E-state index contributed by atoms with van der Waals surface area (Å²) in [6, 6.07) is 4.18. The molecule has 0 aromatic heterocycles. The van der Waals surface area contributed by atoms with E-state index in [4.69, 9.17) is 0 Å². The number of anilines is 1. The Balaban J connectivity index is 2.81. The summed E-state index contributed by atoms with van der Waals surface area (Å²) < 4.78 is 18.2. The van der Waals surface area contributed by atoms with Crippen LogP contribution in [0.15, 0.2) is 18.2 Å². The number of benzene rings is 1. The maximum absolute atomic E-state index is 13.1. The molecule has 3 nitrogen and oxygen atoms in total. The molecule has 0 spiro atoms. The van der Waals surface area contributed by atoms with E-state index in [1.807, 2.05) is 22.6 Å². The molecule has 1 N–H and O–H groups in total. The molecule has 1 atom stereocenters. The minimum atomic E-state index is -0.495. The molecule has 0 aliphatic heterocycles. The summed E-state index contributed by atoms with van der Waals surface area (Å²) in [4.78, 5) is 11.1. The van der Waals surface area contributed by atoms with Gasteiger partial charge in [0.25, 0.3) is 0 Å². The third-order valence-electron chi connectivity index (χ3n) is 1.88. The minimum Gasteiger partial charge on any atom is -0.467 e. The normalized spacial score (nSPS) is 12.0. The lowest BCUT2D eigenvalue weighted by molar-refractivity contribution is -0.141. The fourth-order valence-corrected chi connectivity index (χ4v) is 1.60. The molecular formula is C10H11FINO2. The molecule has 15 heavy (non-hydrogen) atoms. The van der Waals surface area contributed by atoms with Crippen LogP contribution in [0.5, 0.6) is 0 Å². The van der Waals surface area contributed by atoms with E-state index in [2.05, 4.69) is 10.1 Å². The number of carbonyl (C=O) groups is 1. The Morgan fingerprint density at radius 2 is 2.27 bits per heavy atom. The topological polar surface area (TPSA) is 38.3 Å². The second-order valence-corrected chi connectivity index (χ2v) is 4.07. The van der Waals surface area contributed by atoms with E-state index in [0.717, 1.165) is 0 Å². The summed E-state index contributed by atoms with van der Waals surface area (Å²) in [5, 5.41) is 2.88. The number of hydrogen-bond donors (Lipinski definition) is 1. The number of nitrogens with one attached hydrogen (secondary N) is 1. The average Bonchev–Trinajstić information content (AvgIpc) is 2.23. The van der Waals surface area contributed by atoms with Crippen molar-refractivity contribution in [3.8, 4) is 0 Å². The number of ether oxygens (including phenoxy) is 1. The van der Waals surface area contributed by atoms with E-state index in [-0.39, 0.29) is 11.8 Å². The first-order valence-electron chi connectivity index (χ1n) is 4.34. The molecule has 1 aromatic carbocycles. The maximum Gasteiger partial charge on any atom is 0.327 e. The van der Waals surface area contributed by atoms with Crippen molar-refractivity contribution in [1.29, 1.82) is 0 Å². The van der Waals surface area contributed by atoms with Crippen LogP contribution in [-0.4, -0.2) is 19.1 Å². The standard InChI is InChI=1S/C10H11FINO2/c1-6(10(14)15-2)13-8-5-3-4-7(11)9(8)12/h3-6,13H,1-2H3. The molecule has 82 valence electrons. The number of halogens is 2. The van der Waals surface area contributed by atoms with Crippen molar-refractivity contribution in [2.24, 2.45) is 0 Å². The van der Waals surface area contributed by atoms with Gasteiger partial charge in [-0.25, -0.2) is 9.18 Å². The molecule has 1 aromatic rings. The quantitative estimate of drug-likeness (QED) is 0.686. The van der Waals surface area contributed by atoms with Gasteiger partial charge < -0.3 is 10.1 Å². The molecule has 0 aliphatic carbocycles. The zero-order chi connectivity index (χ0) is 11.4. The Kier molecular flexibility index (Phi) is 4.31. The summed E-state index contributed by atoms with van der Waals surface area (Å²) in [6.45, 7) is 1.66. The van der Waals surface area contributed by atoms with Gasteiger partial charge in [0, 0.05) is 0 Å². The van der Waals surface area contributed by atoms with Crippen LogP contribution in [0.4, 0.5) is 10.1 Å². The van der Waals surface area contributed by atoms with Crippen LogP contribution in [0.25, 0.3) is 0 Å². The molecule has 0 heterocycles. The first-order valence-corrected chi connectivity index (χ1v) is 5.42. The van der Waals surface area contributed by atoms with E-state index < -0.39 is 6.04 Å². The fraction of sp³-hybridized carbons (Fsp3) is 0.300. The minimum absolute atomic E-state index is 0.308. The van der Waals surface area contributed by atoms with Crippen LogP contribution < -0.4 is 5.32 Å². The van der Waals surface area contributed by atoms with Crippen LogP contribution in [0.1, 0.15) is 6.92 Å². The SMILES string of the molecule is COC(=O)C(C)Nc1cccc(F)c1I. The van der Waals surface area contributed by atoms with Gasteiger partial charge >= 0.3 is 5.97 Å². The highest BCUT2D eigenvalue weighted by Crippen LogP contribution is 2.21. The summed E-state index contributed by atoms with van der Waals surface area (Å²) in [6.07, 6.45) is 0. The van der Waals surface area contributed by atoms with E-state index in [1.165, 1.54) is 13.2 Å². The van der Waals surface area contributed by atoms with E-state index >= 15 is 0 Å². The van der Waals surface area contributed by atoms with E-state index in [0.29, 0.717) is 9.26 Å². The molecule has 1 unspecified atom stereocenters. The van der Waals surface area contributed by atoms with Gasteiger partial charge in [-0.05, 0) is 41.6 Å². The Morgan fingerprint density at radius 3 is 2.87 bits per heavy atom. The largest absolute Gasteiger partial charge is 0.467 e. The molecule has 0 aliphatic rings. The summed E-state index contributed by atoms with van der Waals surface area (Å²) in [5.41, 5.74) is 0.591. The highest BCUT2D eigenvalue weighted by Gasteiger charge is 2.14. The summed E-state index contributed by atoms with van der Waals surface area (Å²) in [5.74, 6) is -0.687. The number of carbonyl (C=O) groups excluding carboxylic acids is 1. The second-order valence-electron chi connectivity index (χ2n) is 2.99. The van der Waals surface area contributed by atoms with E-state index in [9.17, 15) is 9.18 Å². The van der Waals surface area contributed by atoms with Gasteiger partial charge in [0.1, 0.15) is 11.9 Å². The highest BCUT2D eigenvalue weighted by molar-refractivity contribution is 14.1. The Morgan fingerprint density at radius 1 is 1.60 bits per heavy atom. The monoisotopic (exact) mass is 323 g/mol. The van der Waals surface area contributed by atoms with E-state index in [1.54, 1.807) is 19.1 Å². The number of methoxy groups -OCH3 is 1. The smallest absolute Gasteiger partial charge is 0.327 e. The molecule has 0 fully saturated rings. The zero-order valence-corrected chi connectivity index (χ0v) is 10.5. The molecule has 1 rings (SSSR count). The van der Waals surface area contributed by atoms with Crippen LogP contribution in [0.2, 0.25) is 0 Å². The lowest BCUT2D eigenvalue weighted by atomic mass is 10.2. The third-order valence-corrected chi connectivity index (χ3v) is 2.97. The van der Waals surface area contributed by atoms with Crippen molar-refractivity contribution in [2.45, 2.75) is 13.0 Å². The van der Waals surface area contributed by atoms with Gasteiger partial charge in [0.2, 0.25) is 0 Å². The summed E-state index contributed by atoms with van der Waals surface area (Å²) >= 11 is 1.88. The van der Waals surface area contributed by atoms with Gasteiger partial charge in [0.05, 0.1) is 16.4 Å². The van der Waals surface area contributed by atoms with Gasteiger partial charge in [-0.15, -0.1) is 0 Å². The van der Waals surface area contributed by atoms with Crippen LogP contribution >= 0.6 is 22.6 Å². The van der Waals surface area contributed by atoms with Gasteiger partial charge in [-0.2, -0.15) is 0 Å². The molecule has 0 saturated carbocycles. The third kappa shape index (κ3) is 3.05.